The van der Waals surface area contributed by atoms with Crippen molar-refractivity contribution in [2.24, 2.45) is 10.9 Å². The van der Waals surface area contributed by atoms with Crippen LogP contribution in [0.5, 0.6) is 0 Å². The molecule has 28 heavy (non-hydrogen) atoms. The zero-order valence-corrected chi connectivity index (χ0v) is 17.7. The molecule has 0 aliphatic carbocycles. The molecule has 1 aliphatic heterocycles. The summed E-state index contributed by atoms with van der Waals surface area (Å²) in [5, 5.41) is 15.9. The maximum atomic E-state index is 9.22. The topological polar surface area (TPSA) is 82.0 Å². The Morgan fingerprint density at radius 1 is 1.36 bits per heavy atom. The Labute approximate surface area is 169 Å². The molecule has 2 atom stereocenters. The van der Waals surface area contributed by atoms with Gasteiger partial charge in [0.15, 0.2) is 5.96 Å². The van der Waals surface area contributed by atoms with E-state index in [4.69, 9.17) is 4.74 Å². The van der Waals surface area contributed by atoms with E-state index in [1.54, 1.807) is 0 Å². The van der Waals surface area contributed by atoms with Crippen molar-refractivity contribution >= 4 is 11.8 Å². The Bertz CT molecular complexity index is 573. The first-order valence-corrected chi connectivity index (χ1v) is 10.6. The monoisotopic (exact) mass is 391 g/mol. The highest BCUT2D eigenvalue weighted by Gasteiger charge is 2.17. The van der Waals surface area contributed by atoms with Gasteiger partial charge >= 0.3 is 0 Å². The molecule has 1 aromatic rings. The second kappa shape index (κ2) is 12.6. The van der Waals surface area contributed by atoms with Gasteiger partial charge in [0.25, 0.3) is 0 Å². The highest BCUT2D eigenvalue weighted by Crippen LogP contribution is 2.15. The summed E-state index contributed by atoms with van der Waals surface area (Å²) < 4.78 is 5.60. The number of nitrogens with one attached hydrogen (secondary N) is 2. The molecule has 0 aromatic carbocycles. The fourth-order valence-corrected chi connectivity index (χ4v) is 3.42. The highest BCUT2D eigenvalue weighted by molar-refractivity contribution is 5.79. The standard InChI is InChI=1S/C21H37N5O2/c1-4-6-18(9-11-27)13-24-21(22-5-2)25-15-19-7-8-20(23-14-19)26-10-12-28-17(3)16-26/h7-8,14,17-18,27H,4-6,9-13,15-16H2,1-3H3,(H2,22,24,25). The van der Waals surface area contributed by atoms with E-state index in [1.807, 2.05) is 6.20 Å². The number of aliphatic hydroxyl groups excluding tert-OH is 1. The lowest BCUT2D eigenvalue weighted by Crippen LogP contribution is -2.41. The van der Waals surface area contributed by atoms with Crippen LogP contribution in [0, 0.1) is 5.92 Å². The van der Waals surface area contributed by atoms with Crippen molar-refractivity contribution in [1.29, 1.82) is 0 Å². The van der Waals surface area contributed by atoms with Crippen LogP contribution in [0.1, 0.15) is 45.6 Å². The van der Waals surface area contributed by atoms with Crippen molar-refractivity contribution in [3.05, 3.63) is 23.9 Å². The third-order valence-corrected chi connectivity index (χ3v) is 4.93. The Kier molecular flexibility index (Phi) is 10.1. The largest absolute Gasteiger partial charge is 0.396 e. The molecule has 1 fully saturated rings. The first kappa shape index (κ1) is 22.4. The number of pyridine rings is 1. The zero-order chi connectivity index (χ0) is 20.2. The van der Waals surface area contributed by atoms with E-state index >= 15 is 0 Å². The van der Waals surface area contributed by atoms with E-state index in [9.17, 15) is 5.11 Å². The van der Waals surface area contributed by atoms with Gasteiger partial charge in [0.1, 0.15) is 5.82 Å². The van der Waals surface area contributed by atoms with Crippen LogP contribution in [0.4, 0.5) is 5.82 Å². The normalized spacial score (nSPS) is 18.8. The number of rotatable bonds is 10. The summed E-state index contributed by atoms with van der Waals surface area (Å²) >= 11 is 0. The van der Waals surface area contributed by atoms with E-state index in [2.05, 4.69) is 58.4 Å². The van der Waals surface area contributed by atoms with Gasteiger partial charge in [-0.1, -0.05) is 19.4 Å². The molecule has 1 aromatic heterocycles. The molecule has 2 heterocycles. The summed E-state index contributed by atoms with van der Waals surface area (Å²) in [6.45, 7) is 11.3. The molecule has 0 radical (unpaired) electrons. The Morgan fingerprint density at radius 2 is 2.21 bits per heavy atom. The van der Waals surface area contributed by atoms with Gasteiger partial charge in [0.2, 0.25) is 0 Å². The number of aliphatic imine (C=N–C) groups is 1. The number of ether oxygens (including phenoxy) is 1. The number of guanidine groups is 1. The van der Waals surface area contributed by atoms with Gasteiger partial charge < -0.3 is 25.4 Å². The van der Waals surface area contributed by atoms with Crippen molar-refractivity contribution in [2.45, 2.75) is 52.7 Å². The minimum atomic E-state index is 0.236. The minimum absolute atomic E-state index is 0.236. The number of nitrogens with zero attached hydrogens (tertiary/aromatic N) is 3. The number of hydrogen-bond acceptors (Lipinski definition) is 5. The SMILES string of the molecule is CCCC(CCO)CNC(=NCc1ccc(N2CCOC(C)C2)nc1)NCC. The molecule has 0 amide bonds. The quantitative estimate of drug-likeness (QED) is 0.419. The molecule has 0 saturated carbocycles. The summed E-state index contributed by atoms with van der Waals surface area (Å²) in [6.07, 6.45) is 5.22. The van der Waals surface area contributed by atoms with Crippen molar-refractivity contribution in [3.8, 4) is 0 Å². The molecule has 2 unspecified atom stereocenters. The first-order valence-electron chi connectivity index (χ1n) is 10.6. The zero-order valence-electron chi connectivity index (χ0n) is 17.7. The molecule has 158 valence electrons. The van der Waals surface area contributed by atoms with Gasteiger partial charge in [-0.05, 0) is 44.2 Å². The predicted octanol–water partition coefficient (Wildman–Crippen LogP) is 2.16. The van der Waals surface area contributed by atoms with Gasteiger partial charge in [-0.25, -0.2) is 9.98 Å². The molecule has 0 bridgehead atoms. The second-order valence-corrected chi connectivity index (χ2v) is 7.40. The maximum Gasteiger partial charge on any atom is 0.191 e. The smallest absolute Gasteiger partial charge is 0.191 e. The van der Waals surface area contributed by atoms with Crippen LogP contribution in [-0.2, 0) is 11.3 Å². The van der Waals surface area contributed by atoms with Crippen molar-refractivity contribution < 1.29 is 9.84 Å². The van der Waals surface area contributed by atoms with E-state index in [1.165, 1.54) is 0 Å². The van der Waals surface area contributed by atoms with Crippen molar-refractivity contribution in [1.82, 2.24) is 15.6 Å². The molecule has 0 spiro atoms. The molecular weight excluding hydrogens is 354 g/mol. The maximum absolute atomic E-state index is 9.22. The molecular formula is C21H37N5O2. The van der Waals surface area contributed by atoms with Gasteiger partial charge in [-0.2, -0.15) is 0 Å². The van der Waals surface area contributed by atoms with Crippen LogP contribution < -0.4 is 15.5 Å². The van der Waals surface area contributed by atoms with Crippen LogP contribution in [0.3, 0.4) is 0 Å². The lowest BCUT2D eigenvalue weighted by Gasteiger charge is -2.32. The van der Waals surface area contributed by atoms with Gasteiger partial charge in [0, 0.05) is 39.0 Å². The molecule has 3 N–H and O–H groups in total. The third kappa shape index (κ3) is 7.64. The average Bonchev–Trinajstić information content (AvgIpc) is 2.70. The predicted molar refractivity (Wildman–Crippen MR) is 115 cm³/mol. The van der Waals surface area contributed by atoms with Crippen LogP contribution in [0.25, 0.3) is 0 Å². The van der Waals surface area contributed by atoms with E-state index < -0.39 is 0 Å². The van der Waals surface area contributed by atoms with Crippen LogP contribution in [0.15, 0.2) is 23.3 Å². The lowest BCUT2D eigenvalue weighted by atomic mass is 10.0. The fourth-order valence-electron chi connectivity index (χ4n) is 3.42. The molecule has 2 rings (SSSR count). The first-order chi connectivity index (χ1) is 13.7. The second-order valence-electron chi connectivity index (χ2n) is 7.40. The number of aromatic nitrogens is 1. The van der Waals surface area contributed by atoms with Gasteiger partial charge in [-0.3, -0.25) is 0 Å². The lowest BCUT2D eigenvalue weighted by molar-refractivity contribution is 0.0529. The average molecular weight is 392 g/mol. The Morgan fingerprint density at radius 3 is 2.86 bits per heavy atom. The van der Waals surface area contributed by atoms with Crippen molar-refractivity contribution in [2.75, 3.05) is 44.3 Å². The number of morpholine rings is 1. The number of hydrogen-bond donors (Lipinski definition) is 3. The molecule has 7 nitrogen and oxygen atoms in total. The summed E-state index contributed by atoms with van der Waals surface area (Å²) in [7, 11) is 0. The van der Waals surface area contributed by atoms with Crippen LogP contribution in [0.2, 0.25) is 0 Å². The van der Waals surface area contributed by atoms with Crippen LogP contribution in [-0.4, -0.2) is 61.5 Å². The Balaban J connectivity index is 1.90. The van der Waals surface area contributed by atoms with E-state index in [-0.39, 0.29) is 12.7 Å². The van der Waals surface area contributed by atoms with E-state index in [0.717, 1.165) is 69.4 Å². The van der Waals surface area contributed by atoms with Gasteiger partial charge in [0.05, 0.1) is 19.3 Å². The Hall–Kier alpha value is -1.86. The fraction of sp³-hybridized carbons (Fsp3) is 0.714. The molecule has 1 aliphatic rings. The highest BCUT2D eigenvalue weighted by atomic mass is 16.5. The van der Waals surface area contributed by atoms with E-state index in [0.29, 0.717) is 12.5 Å². The molecule has 7 heteroatoms. The van der Waals surface area contributed by atoms with Gasteiger partial charge in [-0.15, -0.1) is 0 Å². The van der Waals surface area contributed by atoms with Crippen LogP contribution >= 0.6 is 0 Å². The number of anilines is 1. The molecule has 1 saturated heterocycles. The summed E-state index contributed by atoms with van der Waals surface area (Å²) in [4.78, 5) is 11.6. The summed E-state index contributed by atoms with van der Waals surface area (Å²) in [6, 6.07) is 4.17. The summed E-state index contributed by atoms with van der Waals surface area (Å²) in [5.41, 5.74) is 1.09. The minimum Gasteiger partial charge on any atom is -0.396 e. The van der Waals surface area contributed by atoms with Crippen molar-refractivity contribution in [3.63, 3.8) is 0 Å². The summed E-state index contributed by atoms with van der Waals surface area (Å²) in [5.74, 6) is 2.28. The number of aliphatic hydroxyl groups is 1. The third-order valence-electron chi connectivity index (χ3n) is 4.93.